The summed E-state index contributed by atoms with van der Waals surface area (Å²) >= 11 is 0. The quantitative estimate of drug-likeness (QED) is 0.843. The maximum absolute atomic E-state index is 12.4. The molecule has 3 N–H and O–H groups in total. The van der Waals surface area contributed by atoms with Crippen molar-refractivity contribution in [3.8, 4) is 0 Å². The summed E-state index contributed by atoms with van der Waals surface area (Å²) in [5.74, 6) is 0.892. The molecule has 0 spiro atoms. The molecule has 0 aliphatic heterocycles. The Bertz CT molecular complexity index is 503. The van der Waals surface area contributed by atoms with Crippen molar-refractivity contribution in [1.29, 1.82) is 0 Å². The van der Waals surface area contributed by atoms with Crippen molar-refractivity contribution in [2.24, 2.45) is 17.1 Å². The van der Waals surface area contributed by atoms with Crippen LogP contribution in [0.3, 0.4) is 0 Å². The van der Waals surface area contributed by atoms with Gasteiger partial charge in [-0.25, -0.2) is 4.98 Å². The average molecular weight is 292 g/mol. The van der Waals surface area contributed by atoms with Crippen LogP contribution in [0.4, 0.5) is 5.82 Å². The standard InChI is InChI=1S/C16H28N4O/c1-13(2)10-20-9-8-18-14(15(20)21)19-12-16(11-17)6-4-3-5-7-16/h8-9,13H,3-7,10-12,17H2,1-2H3,(H,18,19). The van der Waals surface area contributed by atoms with Gasteiger partial charge in [0.15, 0.2) is 5.82 Å². The Labute approximate surface area is 127 Å². The topological polar surface area (TPSA) is 72.9 Å². The second kappa shape index (κ2) is 7.07. The molecule has 1 fully saturated rings. The van der Waals surface area contributed by atoms with Gasteiger partial charge >= 0.3 is 0 Å². The van der Waals surface area contributed by atoms with Gasteiger partial charge in [-0.05, 0) is 30.7 Å². The second-order valence-corrected chi connectivity index (χ2v) is 6.75. The number of anilines is 1. The summed E-state index contributed by atoms with van der Waals surface area (Å²) in [5, 5.41) is 3.26. The van der Waals surface area contributed by atoms with E-state index in [4.69, 9.17) is 5.73 Å². The summed E-state index contributed by atoms with van der Waals surface area (Å²) in [7, 11) is 0. The van der Waals surface area contributed by atoms with E-state index in [2.05, 4.69) is 24.1 Å². The number of nitrogens with zero attached hydrogens (tertiary/aromatic N) is 2. The monoisotopic (exact) mass is 292 g/mol. The van der Waals surface area contributed by atoms with Crippen LogP contribution in [-0.4, -0.2) is 22.6 Å². The van der Waals surface area contributed by atoms with Crippen LogP contribution in [0.5, 0.6) is 0 Å². The van der Waals surface area contributed by atoms with Crippen molar-refractivity contribution in [2.75, 3.05) is 18.4 Å². The molecule has 1 aromatic heterocycles. The van der Waals surface area contributed by atoms with Crippen LogP contribution < -0.4 is 16.6 Å². The molecule has 5 heteroatoms. The van der Waals surface area contributed by atoms with Gasteiger partial charge < -0.3 is 15.6 Å². The zero-order valence-electron chi connectivity index (χ0n) is 13.3. The van der Waals surface area contributed by atoms with Gasteiger partial charge in [-0.15, -0.1) is 0 Å². The Hall–Kier alpha value is -1.36. The minimum atomic E-state index is -0.0332. The van der Waals surface area contributed by atoms with Crippen molar-refractivity contribution in [3.05, 3.63) is 22.7 Å². The van der Waals surface area contributed by atoms with Gasteiger partial charge in [-0.2, -0.15) is 0 Å². The molecule has 5 nitrogen and oxygen atoms in total. The van der Waals surface area contributed by atoms with Crippen LogP contribution in [0, 0.1) is 11.3 Å². The molecule has 118 valence electrons. The number of nitrogens with one attached hydrogen (secondary N) is 1. The maximum atomic E-state index is 12.4. The predicted molar refractivity (Wildman–Crippen MR) is 86.4 cm³/mol. The summed E-state index contributed by atoms with van der Waals surface area (Å²) in [6.07, 6.45) is 9.51. The van der Waals surface area contributed by atoms with E-state index in [1.807, 2.05) is 0 Å². The van der Waals surface area contributed by atoms with E-state index in [9.17, 15) is 4.79 Å². The van der Waals surface area contributed by atoms with Crippen molar-refractivity contribution in [1.82, 2.24) is 9.55 Å². The van der Waals surface area contributed by atoms with Crippen LogP contribution in [0.1, 0.15) is 46.0 Å². The van der Waals surface area contributed by atoms with E-state index in [0.717, 1.165) is 25.9 Å². The highest BCUT2D eigenvalue weighted by Crippen LogP contribution is 2.35. The molecule has 0 bridgehead atoms. The molecule has 0 radical (unpaired) electrons. The van der Waals surface area contributed by atoms with Gasteiger partial charge in [0, 0.05) is 25.5 Å². The van der Waals surface area contributed by atoms with E-state index in [0.29, 0.717) is 18.3 Å². The van der Waals surface area contributed by atoms with E-state index in [1.54, 1.807) is 17.0 Å². The van der Waals surface area contributed by atoms with E-state index < -0.39 is 0 Å². The number of rotatable bonds is 6. The van der Waals surface area contributed by atoms with Gasteiger partial charge in [-0.1, -0.05) is 33.1 Å². The summed E-state index contributed by atoms with van der Waals surface area (Å²) in [6.45, 7) is 6.35. The fourth-order valence-electron chi connectivity index (χ4n) is 3.13. The Morgan fingerprint density at radius 1 is 1.38 bits per heavy atom. The van der Waals surface area contributed by atoms with Crippen LogP contribution >= 0.6 is 0 Å². The molecule has 1 heterocycles. The Balaban J connectivity index is 2.07. The molecule has 1 saturated carbocycles. The van der Waals surface area contributed by atoms with E-state index >= 15 is 0 Å². The molecule has 1 aromatic rings. The predicted octanol–water partition coefficient (Wildman–Crippen LogP) is 2.22. The van der Waals surface area contributed by atoms with Gasteiger partial charge in [-0.3, -0.25) is 4.79 Å². The molecule has 0 atom stereocenters. The number of aromatic nitrogens is 2. The Kier molecular flexibility index (Phi) is 5.39. The molecule has 1 aliphatic carbocycles. The molecule has 0 aromatic carbocycles. The summed E-state index contributed by atoms with van der Waals surface area (Å²) in [5.41, 5.74) is 6.09. The van der Waals surface area contributed by atoms with Crippen molar-refractivity contribution in [2.45, 2.75) is 52.5 Å². The lowest BCUT2D eigenvalue weighted by molar-refractivity contribution is 0.215. The zero-order valence-corrected chi connectivity index (χ0v) is 13.3. The van der Waals surface area contributed by atoms with Crippen molar-refractivity contribution in [3.63, 3.8) is 0 Å². The first kappa shape index (κ1) is 16.0. The molecule has 1 aliphatic rings. The first-order chi connectivity index (χ1) is 10.1. The van der Waals surface area contributed by atoms with Gasteiger partial charge in [0.1, 0.15) is 0 Å². The third-order valence-electron chi connectivity index (χ3n) is 4.45. The summed E-state index contributed by atoms with van der Waals surface area (Å²) in [4.78, 5) is 16.6. The lowest BCUT2D eigenvalue weighted by Gasteiger charge is -2.36. The largest absolute Gasteiger partial charge is 0.365 e. The normalized spacial score (nSPS) is 17.9. The highest BCUT2D eigenvalue weighted by molar-refractivity contribution is 5.31. The molecule has 0 saturated heterocycles. The lowest BCUT2D eigenvalue weighted by Crippen LogP contribution is -2.40. The third kappa shape index (κ3) is 4.06. The van der Waals surface area contributed by atoms with Crippen LogP contribution in [0.25, 0.3) is 0 Å². The molecule has 0 amide bonds. The van der Waals surface area contributed by atoms with Crippen LogP contribution in [-0.2, 0) is 6.54 Å². The minimum absolute atomic E-state index is 0.0332. The van der Waals surface area contributed by atoms with Crippen LogP contribution in [0.15, 0.2) is 17.2 Å². The minimum Gasteiger partial charge on any atom is -0.365 e. The highest BCUT2D eigenvalue weighted by atomic mass is 16.1. The number of hydrogen-bond donors (Lipinski definition) is 2. The van der Waals surface area contributed by atoms with Crippen LogP contribution in [0.2, 0.25) is 0 Å². The van der Waals surface area contributed by atoms with Crippen molar-refractivity contribution < 1.29 is 0 Å². The molecular weight excluding hydrogens is 264 g/mol. The SMILES string of the molecule is CC(C)Cn1ccnc(NCC2(CN)CCCCC2)c1=O. The van der Waals surface area contributed by atoms with E-state index in [-0.39, 0.29) is 11.0 Å². The molecule has 21 heavy (non-hydrogen) atoms. The fourth-order valence-corrected chi connectivity index (χ4v) is 3.13. The maximum Gasteiger partial charge on any atom is 0.293 e. The van der Waals surface area contributed by atoms with Gasteiger partial charge in [0.2, 0.25) is 0 Å². The first-order valence-electron chi connectivity index (χ1n) is 8.06. The number of hydrogen-bond acceptors (Lipinski definition) is 4. The lowest BCUT2D eigenvalue weighted by atomic mass is 9.74. The summed E-state index contributed by atoms with van der Waals surface area (Å²) in [6, 6.07) is 0. The smallest absolute Gasteiger partial charge is 0.293 e. The summed E-state index contributed by atoms with van der Waals surface area (Å²) < 4.78 is 1.73. The Morgan fingerprint density at radius 3 is 2.71 bits per heavy atom. The Morgan fingerprint density at radius 2 is 2.10 bits per heavy atom. The molecular formula is C16H28N4O. The van der Waals surface area contributed by atoms with Gasteiger partial charge in [0.05, 0.1) is 0 Å². The zero-order chi connectivity index (χ0) is 15.3. The fraction of sp³-hybridized carbons (Fsp3) is 0.750. The third-order valence-corrected chi connectivity index (χ3v) is 4.45. The average Bonchev–Trinajstić information content (AvgIpc) is 2.49. The first-order valence-corrected chi connectivity index (χ1v) is 8.06. The number of nitrogens with two attached hydrogens (primary N) is 1. The van der Waals surface area contributed by atoms with Gasteiger partial charge in [0.25, 0.3) is 5.56 Å². The molecule has 0 unspecified atom stereocenters. The van der Waals surface area contributed by atoms with E-state index in [1.165, 1.54) is 19.3 Å². The second-order valence-electron chi connectivity index (χ2n) is 6.75. The highest BCUT2D eigenvalue weighted by Gasteiger charge is 2.30. The van der Waals surface area contributed by atoms with Crippen molar-refractivity contribution >= 4 is 5.82 Å². The molecule has 2 rings (SSSR count).